The second-order valence-corrected chi connectivity index (χ2v) is 6.40. The van der Waals surface area contributed by atoms with E-state index < -0.39 is 0 Å². The Bertz CT molecular complexity index is 537. The number of rotatable bonds is 7. The van der Waals surface area contributed by atoms with E-state index >= 15 is 0 Å². The van der Waals surface area contributed by atoms with Crippen LogP contribution in [-0.4, -0.2) is 29.2 Å². The van der Waals surface area contributed by atoms with Gasteiger partial charge in [-0.25, -0.2) is 0 Å². The zero-order valence-electron chi connectivity index (χ0n) is 11.6. The molecular formula is C14H20N2O3S. The molecule has 1 aromatic rings. The first-order valence-electron chi connectivity index (χ1n) is 6.65. The molecule has 2 N–H and O–H groups in total. The van der Waals surface area contributed by atoms with Gasteiger partial charge in [-0.05, 0) is 30.1 Å². The predicted octanol–water partition coefficient (Wildman–Crippen LogP) is 1.51. The number of carbonyl (C=O) groups is 1. The lowest BCUT2D eigenvalue weighted by Gasteiger charge is -2.13. The van der Waals surface area contributed by atoms with Gasteiger partial charge in [0.1, 0.15) is 0 Å². The van der Waals surface area contributed by atoms with E-state index in [-0.39, 0.29) is 16.9 Å². The maximum absolute atomic E-state index is 11.6. The molecule has 0 aromatic carbocycles. The molecule has 1 aliphatic carbocycles. The van der Waals surface area contributed by atoms with E-state index in [2.05, 4.69) is 0 Å². The minimum atomic E-state index is -0.129. The number of ether oxygens (including phenoxy) is 1. The molecule has 0 spiro atoms. The molecule has 0 saturated heterocycles. The Morgan fingerprint density at radius 1 is 1.50 bits per heavy atom. The monoisotopic (exact) mass is 296 g/mol. The summed E-state index contributed by atoms with van der Waals surface area (Å²) in [4.78, 5) is 22.9. The highest BCUT2D eigenvalue weighted by atomic mass is 32.2. The van der Waals surface area contributed by atoms with Gasteiger partial charge in [0.05, 0.1) is 13.5 Å². The van der Waals surface area contributed by atoms with Gasteiger partial charge >= 0.3 is 5.97 Å². The quantitative estimate of drug-likeness (QED) is 0.610. The van der Waals surface area contributed by atoms with Crippen LogP contribution in [-0.2, 0) is 16.1 Å². The molecule has 2 rings (SSSR count). The fourth-order valence-corrected chi connectivity index (χ4v) is 3.40. The first-order chi connectivity index (χ1) is 9.54. The van der Waals surface area contributed by atoms with Crippen molar-refractivity contribution in [3.05, 3.63) is 28.7 Å². The lowest BCUT2D eigenvalue weighted by Crippen LogP contribution is -2.20. The molecule has 1 fully saturated rings. The van der Waals surface area contributed by atoms with Gasteiger partial charge in [0, 0.05) is 30.2 Å². The number of aromatic nitrogens is 1. The average Bonchev–Trinajstić information content (AvgIpc) is 3.18. The summed E-state index contributed by atoms with van der Waals surface area (Å²) in [6.45, 7) is 0.642. The summed E-state index contributed by atoms with van der Waals surface area (Å²) in [5.41, 5.74) is 6.36. The number of anilines is 1. The molecule has 0 unspecified atom stereocenters. The molecule has 1 saturated carbocycles. The van der Waals surface area contributed by atoms with Crippen molar-refractivity contribution in [2.45, 2.75) is 25.8 Å². The fraction of sp³-hybridized carbons (Fsp3) is 0.571. The molecule has 0 amide bonds. The Hall–Kier alpha value is -1.43. The minimum absolute atomic E-state index is 0.0319. The van der Waals surface area contributed by atoms with Gasteiger partial charge in [0.25, 0.3) is 5.56 Å². The van der Waals surface area contributed by atoms with Gasteiger partial charge in [-0.3, -0.25) is 9.59 Å². The Balaban J connectivity index is 1.75. The van der Waals surface area contributed by atoms with Crippen LogP contribution in [0, 0.1) is 5.41 Å². The van der Waals surface area contributed by atoms with Crippen LogP contribution in [0.25, 0.3) is 0 Å². The SMILES string of the molecule is COC(=O)CC1(CSCCn2cc(N)ccc2=O)CC1. The van der Waals surface area contributed by atoms with Gasteiger partial charge in [0.2, 0.25) is 0 Å². The second-order valence-electron chi connectivity index (χ2n) is 5.30. The van der Waals surface area contributed by atoms with Crippen LogP contribution in [0.1, 0.15) is 19.3 Å². The Morgan fingerprint density at radius 3 is 2.90 bits per heavy atom. The second kappa shape index (κ2) is 6.35. The minimum Gasteiger partial charge on any atom is -0.469 e. The molecule has 0 radical (unpaired) electrons. The molecule has 0 atom stereocenters. The van der Waals surface area contributed by atoms with Crippen LogP contribution in [0.15, 0.2) is 23.1 Å². The zero-order chi connectivity index (χ0) is 14.6. The van der Waals surface area contributed by atoms with Crippen LogP contribution in [0.2, 0.25) is 0 Å². The fourth-order valence-electron chi connectivity index (χ4n) is 2.10. The Kier molecular flexibility index (Phi) is 4.75. The Morgan fingerprint density at radius 2 is 2.25 bits per heavy atom. The third-order valence-corrected chi connectivity index (χ3v) is 4.88. The molecule has 1 heterocycles. The van der Waals surface area contributed by atoms with E-state index in [4.69, 9.17) is 10.5 Å². The normalized spacial score (nSPS) is 15.8. The standard InChI is InChI=1S/C14H20N2O3S/c1-19-13(18)8-14(4-5-14)10-20-7-6-16-9-11(15)2-3-12(16)17/h2-3,9H,4-8,10,15H2,1H3. The lowest BCUT2D eigenvalue weighted by molar-refractivity contribution is -0.141. The summed E-state index contributed by atoms with van der Waals surface area (Å²) in [5.74, 6) is 1.65. The smallest absolute Gasteiger partial charge is 0.306 e. The number of carbonyl (C=O) groups excluding carboxylic acids is 1. The first kappa shape index (κ1) is 15.0. The highest BCUT2D eigenvalue weighted by Gasteiger charge is 2.44. The number of nitrogens with two attached hydrogens (primary N) is 1. The van der Waals surface area contributed by atoms with E-state index in [0.29, 0.717) is 18.7 Å². The molecule has 20 heavy (non-hydrogen) atoms. The van der Waals surface area contributed by atoms with Gasteiger partial charge in [0.15, 0.2) is 0 Å². The van der Waals surface area contributed by atoms with Gasteiger partial charge in [-0.1, -0.05) is 0 Å². The van der Waals surface area contributed by atoms with Gasteiger partial charge in [-0.2, -0.15) is 11.8 Å². The number of hydrogen-bond acceptors (Lipinski definition) is 5. The summed E-state index contributed by atoms with van der Waals surface area (Å²) in [5, 5.41) is 0. The van der Waals surface area contributed by atoms with E-state index in [0.717, 1.165) is 24.3 Å². The van der Waals surface area contributed by atoms with Crippen molar-refractivity contribution < 1.29 is 9.53 Å². The van der Waals surface area contributed by atoms with Crippen molar-refractivity contribution >= 4 is 23.4 Å². The molecule has 0 aliphatic heterocycles. The van der Waals surface area contributed by atoms with Gasteiger partial charge in [-0.15, -0.1) is 0 Å². The third kappa shape index (κ3) is 4.03. The highest BCUT2D eigenvalue weighted by Crippen LogP contribution is 2.51. The van der Waals surface area contributed by atoms with Crippen molar-refractivity contribution in [1.29, 1.82) is 0 Å². The van der Waals surface area contributed by atoms with Crippen molar-refractivity contribution in [3.8, 4) is 0 Å². The number of thioether (sulfide) groups is 1. The molecule has 1 aliphatic rings. The number of hydrogen-bond donors (Lipinski definition) is 1. The Labute approximate surface area is 122 Å². The van der Waals surface area contributed by atoms with E-state index in [9.17, 15) is 9.59 Å². The number of nitrogen functional groups attached to an aromatic ring is 1. The molecule has 6 heteroatoms. The summed E-state index contributed by atoms with van der Waals surface area (Å²) < 4.78 is 6.35. The topological polar surface area (TPSA) is 74.3 Å². The lowest BCUT2D eigenvalue weighted by atomic mass is 10.1. The van der Waals surface area contributed by atoms with Crippen LogP contribution in [0.5, 0.6) is 0 Å². The third-order valence-electron chi connectivity index (χ3n) is 3.60. The number of nitrogens with zero attached hydrogens (tertiary/aromatic N) is 1. The maximum Gasteiger partial charge on any atom is 0.306 e. The van der Waals surface area contributed by atoms with Crippen LogP contribution >= 0.6 is 11.8 Å². The zero-order valence-corrected chi connectivity index (χ0v) is 12.4. The number of aryl methyl sites for hydroxylation is 1. The molecule has 1 aromatic heterocycles. The van der Waals surface area contributed by atoms with Crippen molar-refractivity contribution in [3.63, 3.8) is 0 Å². The van der Waals surface area contributed by atoms with Crippen LogP contribution in [0.4, 0.5) is 5.69 Å². The molecule has 5 nitrogen and oxygen atoms in total. The van der Waals surface area contributed by atoms with Gasteiger partial charge < -0.3 is 15.0 Å². The van der Waals surface area contributed by atoms with Crippen LogP contribution in [0.3, 0.4) is 0 Å². The molecule has 110 valence electrons. The van der Waals surface area contributed by atoms with Crippen molar-refractivity contribution in [2.75, 3.05) is 24.3 Å². The summed E-state index contributed by atoms with van der Waals surface area (Å²) in [6.07, 6.45) is 4.36. The number of methoxy groups -OCH3 is 1. The van der Waals surface area contributed by atoms with Crippen LogP contribution < -0.4 is 11.3 Å². The number of esters is 1. The summed E-state index contributed by atoms with van der Waals surface area (Å²) >= 11 is 1.78. The predicted molar refractivity (Wildman–Crippen MR) is 80.7 cm³/mol. The highest BCUT2D eigenvalue weighted by molar-refractivity contribution is 7.99. The molecule has 0 bridgehead atoms. The van der Waals surface area contributed by atoms with E-state index in [1.54, 1.807) is 28.6 Å². The summed E-state index contributed by atoms with van der Waals surface area (Å²) in [6, 6.07) is 3.10. The van der Waals surface area contributed by atoms with E-state index in [1.807, 2.05) is 0 Å². The average molecular weight is 296 g/mol. The largest absolute Gasteiger partial charge is 0.469 e. The van der Waals surface area contributed by atoms with Crippen molar-refractivity contribution in [2.24, 2.45) is 5.41 Å². The first-order valence-corrected chi connectivity index (χ1v) is 7.81. The maximum atomic E-state index is 11.6. The van der Waals surface area contributed by atoms with E-state index in [1.165, 1.54) is 13.2 Å². The number of pyridine rings is 1. The van der Waals surface area contributed by atoms with Crippen molar-refractivity contribution in [1.82, 2.24) is 4.57 Å². The molecular weight excluding hydrogens is 276 g/mol. The summed E-state index contributed by atoms with van der Waals surface area (Å²) in [7, 11) is 1.43.